The summed E-state index contributed by atoms with van der Waals surface area (Å²) in [4.78, 5) is 9.15. The molecule has 112 valence electrons. The van der Waals surface area contributed by atoms with Crippen LogP contribution in [0.2, 0.25) is 5.02 Å². The second-order valence-corrected chi connectivity index (χ2v) is 5.72. The molecule has 2 aliphatic rings. The Labute approximate surface area is 139 Å². The third-order valence-corrected chi connectivity index (χ3v) is 4.16. The van der Waals surface area contributed by atoms with Crippen molar-refractivity contribution < 1.29 is 4.74 Å². The van der Waals surface area contributed by atoms with Gasteiger partial charge in [-0.1, -0.05) is 35.9 Å². The first kappa shape index (κ1) is 14.0. The zero-order valence-electron chi connectivity index (χ0n) is 12.5. The molecule has 0 N–H and O–H groups in total. The lowest BCUT2D eigenvalue weighted by Gasteiger charge is -2.07. The maximum atomic E-state index is 5.96. The van der Waals surface area contributed by atoms with Crippen LogP contribution in [0.1, 0.15) is 11.1 Å². The zero-order valence-corrected chi connectivity index (χ0v) is 13.2. The summed E-state index contributed by atoms with van der Waals surface area (Å²) < 4.78 is 5.29. The molecule has 0 aromatic heterocycles. The molecule has 0 atom stereocenters. The summed E-state index contributed by atoms with van der Waals surface area (Å²) in [5, 5.41) is 0.717. The summed E-state index contributed by atoms with van der Waals surface area (Å²) >= 11 is 5.96. The van der Waals surface area contributed by atoms with Gasteiger partial charge in [-0.2, -0.15) is 0 Å². The first-order valence-corrected chi connectivity index (χ1v) is 7.61. The largest absolute Gasteiger partial charge is 0.497 e. The van der Waals surface area contributed by atoms with Gasteiger partial charge < -0.3 is 4.74 Å². The molecule has 0 fully saturated rings. The molecular formula is C19H13ClN2O. The lowest BCUT2D eigenvalue weighted by atomic mass is 9.95. The number of allylic oxidation sites excluding steroid dienone is 2. The van der Waals surface area contributed by atoms with Crippen molar-refractivity contribution >= 4 is 23.0 Å². The lowest BCUT2D eigenvalue weighted by Crippen LogP contribution is -2.06. The Bertz CT molecular complexity index is 905. The first-order chi connectivity index (χ1) is 11.3. The van der Waals surface area contributed by atoms with Crippen LogP contribution in [0.3, 0.4) is 0 Å². The van der Waals surface area contributed by atoms with E-state index in [9.17, 15) is 0 Å². The Balaban J connectivity index is 1.64. The summed E-state index contributed by atoms with van der Waals surface area (Å²) in [5.41, 5.74) is 6.00. The molecule has 0 spiro atoms. The Hall–Kier alpha value is -2.65. The lowest BCUT2D eigenvalue weighted by molar-refractivity contribution is 0.414. The Morgan fingerprint density at radius 1 is 0.826 bits per heavy atom. The van der Waals surface area contributed by atoms with Gasteiger partial charge in [-0.25, -0.2) is 0 Å². The molecule has 2 aliphatic heterocycles. The minimum Gasteiger partial charge on any atom is -0.497 e. The highest BCUT2D eigenvalue weighted by Crippen LogP contribution is 2.32. The molecule has 2 aromatic carbocycles. The number of hydrogen-bond donors (Lipinski definition) is 0. The van der Waals surface area contributed by atoms with Gasteiger partial charge in [0.25, 0.3) is 0 Å². The van der Waals surface area contributed by atoms with E-state index in [-0.39, 0.29) is 0 Å². The number of fused-ring (bicyclic) bond motifs is 1. The highest BCUT2D eigenvalue weighted by atomic mass is 35.5. The van der Waals surface area contributed by atoms with E-state index in [4.69, 9.17) is 16.3 Å². The van der Waals surface area contributed by atoms with Crippen molar-refractivity contribution in [3.8, 4) is 5.75 Å². The Kier molecular flexibility index (Phi) is 3.36. The van der Waals surface area contributed by atoms with Gasteiger partial charge in [0, 0.05) is 39.7 Å². The van der Waals surface area contributed by atoms with Crippen molar-refractivity contribution in [2.24, 2.45) is 9.98 Å². The Morgan fingerprint density at radius 3 is 2.13 bits per heavy atom. The topological polar surface area (TPSA) is 34.0 Å². The number of ether oxygens (including phenoxy) is 1. The van der Waals surface area contributed by atoms with E-state index < -0.39 is 0 Å². The average molecular weight is 321 g/mol. The maximum Gasteiger partial charge on any atom is 0.119 e. The van der Waals surface area contributed by atoms with Crippen LogP contribution in [0.4, 0.5) is 0 Å². The fraction of sp³-hybridized carbons (Fsp3) is 0.0526. The summed E-state index contributed by atoms with van der Waals surface area (Å²) in [6.45, 7) is 0. The molecule has 0 bridgehead atoms. The molecule has 0 saturated carbocycles. The highest BCUT2D eigenvalue weighted by Gasteiger charge is 2.27. The van der Waals surface area contributed by atoms with E-state index in [2.05, 4.69) is 9.98 Å². The van der Waals surface area contributed by atoms with E-state index >= 15 is 0 Å². The standard InChI is InChI=1S/C19H13ClN2O/c1-23-15-4-2-3-13(9-15)19-17-11-21-18(16(17)10-22-19)12-5-7-14(20)8-6-12/h2-11H,1H3. The quantitative estimate of drug-likeness (QED) is 0.824. The van der Waals surface area contributed by atoms with Crippen LogP contribution < -0.4 is 4.74 Å². The van der Waals surface area contributed by atoms with Crippen molar-refractivity contribution in [3.05, 3.63) is 88.2 Å². The van der Waals surface area contributed by atoms with Crippen LogP contribution in [0.25, 0.3) is 0 Å². The number of aliphatic imine (C=N–C) groups is 2. The molecule has 0 radical (unpaired) electrons. The van der Waals surface area contributed by atoms with Crippen molar-refractivity contribution in [1.82, 2.24) is 0 Å². The minimum absolute atomic E-state index is 0.717. The van der Waals surface area contributed by atoms with Gasteiger partial charge >= 0.3 is 0 Å². The predicted octanol–water partition coefficient (Wildman–Crippen LogP) is 4.42. The summed E-state index contributed by atoms with van der Waals surface area (Å²) in [6.07, 6.45) is 3.75. The average Bonchev–Trinajstić information content (AvgIpc) is 3.17. The predicted molar refractivity (Wildman–Crippen MR) is 93.7 cm³/mol. The van der Waals surface area contributed by atoms with Crippen LogP contribution in [-0.2, 0) is 0 Å². The molecule has 0 saturated heterocycles. The number of rotatable bonds is 3. The number of halogens is 1. The van der Waals surface area contributed by atoms with E-state index in [0.717, 1.165) is 39.4 Å². The van der Waals surface area contributed by atoms with Crippen molar-refractivity contribution in [2.45, 2.75) is 0 Å². The summed E-state index contributed by atoms with van der Waals surface area (Å²) in [5.74, 6) is 0.816. The molecule has 2 aromatic rings. The van der Waals surface area contributed by atoms with E-state index in [1.54, 1.807) is 7.11 Å². The SMILES string of the molecule is COc1cccc(C2=NC=C3C2=CN=C3c2ccc(Cl)cc2)c1. The van der Waals surface area contributed by atoms with Gasteiger partial charge in [-0.15, -0.1) is 0 Å². The number of hydrogen-bond acceptors (Lipinski definition) is 3. The number of nitrogens with zero attached hydrogens (tertiary/aromatic N) is 2. The molecule has 0 unspecified atom stereocenters. The van der Waals surface area contributed by atoms with Gasteiger partial charge in [-0.3, -0.25) is 9.98 Å². The molecular weight excluding hydrogens is 308 g/mol. The second-order valence-electron chi connectivity index (χ2n) is 5.28. The van der Waals surface area contributed by atoms with E-state index in [0.29, 0.717) is 5.02 Å². The number of benzene rings is 2. The van der Waals surface area contributed by atoms with Crippen molar-refractivity contribution in [1.29, 1.82) is 0 Å². The normalized spacial score (nSPS) is 15.6. The van der Waals surface area contributed by atoms with Crippen molar-refractivity contribution in [3.63, 3.8) is 0 Å². The third kappa shape index (κ3) is 2.39. The fourth-order valence-corrected chi connectivity index (χ4v) is 2.88. The minimum atomic E-state index is 0.717. The smallest absolute Gasteiger partial charge is 0.119 e. The maximum absolute atomic E-state index is 5.96. The van der Waals surface area contributed by atoms with Gasteiger partial charge in [0.1, 0.15) is 5.75 Å². The van der Waals surface area contributed by atoms with Crippen LogP contribution in [0.15, 0.2) is 82.1 Å². The van der Waals surface area contributed by atoms with Gasteiger partial charge in [0.05, 0.1) is 18.5 Å². The molecule has 0 aliphatic carbocycles. The Morgan fingerprint density at radius 2 is 1.48 bits per heavy atom. The third-order valence-electron chi connectivity index (χ3n) is 3.91. The van der Waals surface area contributed by atoms with Gasteiger partial charge in [0.2, 0.25) is 0 Å². The van der Waals surface area contributed by atoms with Crippen LogP contribution in [0.5, 0.6) is 5.75 Å². The highest BCUT2D eigenvalue weighted by molar-refractivity contribution is 6.32. The van der Waals surface area contributed by atoms with Crippen molar-refractivity contribution in [2.75, 3.05) is 7.11 Å². The molecule has 4 heteroatoms. The van der Waals surface area contributed by atoms with E-state index in [1.165, 1.54) is 0 Å². The second kappa shape index (κ2) is 5.52. The van der Waals surface area contributed by atoms with Crippen LogP contribution in [0, 0.1) is 0 Å². The van der Waals surface area contributed by atoms with Crippen LogP contribution in [-0.4, -0.2) is 18.5 Å². The summed E-state index contributed by atoms with van der Waals surface area (Å²) in [7, 11) is 1.66. The molecule has 0 amide bonds. The van der Waals surface area contributed by atoms with E-state index in [1.807, 2.05) is 60.9 Å². The molecule has 4 rings (SSSR count). The molecule has 3 nitrogen and oxygen atoms in total. The zero-order chi connectivity index (χ0) is 15.8. The fourth-order valence-electron chi connectivity index (χ4n) is 2.75. The van der Waals surface area contributed by atoms with Gasteiger partial charge in [0.15, 0.2) is 0 Å². The monoisotopic (exact) mass is 320 g/mol. The van der Waals surface area contributed by atoms with Gasteiger partial charge in [-0.05, 0) is 24.3 Å². The van der Waals surface area contributed by atoms with Crippen LogP contribution >= 0.6 is 11.6 Å². The first-order valence-electron chi connectivity index (χ1n) is 7.24. The molecule has 2 heterocycles. The molecule has 23 heavy (non-hydrogen) atoms. The summed E-state index contributed by atoms with van der Waals surface area (Å²) in [6, 6.07) is 15.6. The number of methoxy groups -OCH3 is 1.